The van der Waals surface area contributed by atoms with Gasteiger partial charge in [0, 0.05) is 25.6 Å². The summed E-state index contributed by atoms with van der Waals surface area (Å²) in [5.74, 6) is 0.222. The Labute approximate surface area is 138 Å². The first-order valence-corrected chi connectivity index (χ1v) is 8.37. The highest BCUT2D eigenvalue weighted by atomic mass is 79.9. The molecular formula is C15H21BrN2O4. The minimum absolute atomic E-state index is 0.103. The molecule has 1 fully saturated rings. The van der Waals surface area contributed by atoms with E-state index in [0.717, 1.165) is 19.3 Å². The molecule has 0 atom stereocenters. The van der Waals surface area contributed by atoms with Gasteiger partial charge in [-0.05, 0) is 22.4 Å². The van der Waals surface area contributed by atoms with Gasteiger partial charge < -0.3 is 14.1 Å². The molecule has 1 aromatic rings. The van der Waals surface area contributed by atoms with E-state index in [1.165, 1.54) is 0 Å². The van der Waals surface area contributed by atoms with Gasteiger partial charge in [0.1, 0.15) is 0 Å². The maximum Gasteiger partial charge on any atom is 0.289 e. The van der Waals surface area contributed by atoms with E-state index >= 15 is 0 Å². The van der Waals surface area contributed by atoms with Crippen LogP contribution in [0.2, 0.25) is 0 Å². The van der Waals surface area contributed by atoms with Crippen molar-refractivity contribution in [2.45, 2.75) is 32.6 Å². The Morgan fingerprint density at radius 3 is 2.73 bits per heavy atom. The van der Waals surface area contributed by atoms with Gasteiger partial charge in [-0.2, -0.15) is 0 Å². The molecule has 0 aliphatic carbocycles. The summed E-state index contributed by atoms with van der Waals surface area (Å²) >= 11 is 3.32. The molecule has 1 N–H and O–H groups in total. The number of amides is 2. The van der Waals surface area contributed by atoms with Crippen LogP contribution >= 0.6 is 15.9 Å². The number of hydrogen-bond acceptors (Lipinski definition) is 4. The third-order valence-corrected chi connectivity index (χ3v) is 4.05. The lowest BCUT2D eigenvalue weighted by molar-refractivity contribution is -0.116. The average Bonchev–Trinajstić information content (AvgIpc) is 2.88. The normalized spacial score (nSPS) is 14.9. The highest BCUT2D eigenvalue weighted by Gasteiger charge is 2.23. The van der Waals surface area contributed by atoms with Crippen molar-refractivity contribution in [1.82, 2.24) is 4.90 Å². The molecule has 0 saturated carbocycles. The van der Waals surface area contributed by atoms with Gasteiger partial charge in [-0.1, -0.05) is 19.8 Å². The molecule has 1 saturated heterocycles. The molecule has 0 bridgehead atoms. The van der Waals surface area contributed by atoms with Gasteiger partial charge in [0.15, 0.2) is 5.76 Å². The van der Waals surface area contributed by atoms with Crippen LogP contribution in [-0.2, 0) is 9.53 Å². The van der Waals surface area contributed by atoms with Crippen LogP contribution in [0.3, 0.4) is 0 Å². The Morgan fingerprint density at radius 2 is 2.05 bits per heavy atom. The summed E-state index contributed by atoms with van der Waals surface area (Å²) in [6.07, 6.45) is 3.39. The molecule has 2 rings (SSSR count). The molecule has 1 aromatic heterocycles. The zero-order valence-electron chi connectivity index (χ0n) is 12.7. The standard InChI is InChI=1S/C15H21BrN2O4/c1-2-3-4-5-13(19)17-14-11(16)10-12(22-14)15(20)18-6-8-21-9-7-18/h10H,2-9H2,1H3,(H,17,19). The Bertz CT molecular complexity index is 524. The summed E-state index contributed by atoms with van der Waals surface area (Å²) < 4.78 is 11.3. The van der Waals surface area contributed by atoms with E-state index in [-0.39, 0.29) is 23.5 Å². The van der Waals surface area contributed by atoms with Crippen LogP contribution in [0.4, 0.5) is 5.88 Å². The molecule has 7 heteroatoms. The Balaban J connectivity index is 1.95. The number of nitrogens with one attached hydrogen (secondary N) is 1. The van der Waals surface area contributed by atoms with Crippen molar-refractivity contribution >= 4 is 33.6 Å². The second-order valence-corrected chi connectivity index (χ2v) is 6.05. The fourth-order valence-electron chi connectivity index (χ4n) is 2.21. The van der Waals surface area contributed by atoms with Crippen molar-refractivity contribution in [2.24, 2.45) is 0 Å². The summed E-state index contributed by atoms with van der Waals surface area (Å²) in [5.41, 5.74) is 0. The first-order chi connectivity index (χ1) is 10.6. The lowest BCUT2D eigenvalue weighted by atomic mass is 10.2. The number of halogens is 1. The molecule has 0 spiro atoms. The number of carbonyl (C=O) groups excluding carboxylic acids is 2. The van der Waals surface area contributed by atoms with Crippen molar-refractivity contribution < 1.29 is 18.7 Å². The Kier molecular flexibility index (Phi) is 6.45. The fraction of sp³-hybridized carbons (Fsp3) is 0.600. The number of unbranched alkanes of at least 4 members (excludes halogenated alkanes) is 2. The van der Waals surface area contributed by atoms with E-state index in [0.29, 0.717) is 37.2 Å². The molecule has 1 aliphatic heterocycles. The van der Waals surface area contributed by atoms with Gasteiger partial charge in [0.05, 0.1) is 17.7 Å². The number of hydrogen-bond donors (Lipinski definition) is 1. The lowest BCUT2D eigenvalue weighted by Gasteiger charge is -2.25. The maximum absolute atomic E-state index is 12.3. The van der Waals surface area contributed by atoms with Gasteiger partial charge in [0.25, 0.3) is 5.91 Å². The third-order valence-electron chi connectivity index (χ3n) is 3.46. The van der Waals surface area contributed by atoms with Gasteiger partial charge in [-0.25, -0.2) is 0 Å². The average molecular weight is 373 g/mol. The van der Waals surface area contributed by atoms with Gasteiger partial charge in [0.2, 0.25) is 11.8 Å². The van der Waals surface area contributed by atoms with Gasteiger partial charge in [-0.3, -0.25) is 14.9 Å². The van der Waals surface area contributed by atoms with Crippen LogP contribution in [0.15, 0.2) is 15.0 Å². The molecule has 1 aliphatic rings. The molecule has 0 aromatic carbocycles. The monoisotopic (exact) mass is 372 g/mol. The van der Waals surface area contributed by atoms with Crippen molar-refractivity contribution in [1.29, 1.82) is 0 Å². The number of carbonyl (C=O) groups is 2. The van der Waals surface area contributed by atoms with Crippen molar-refractivity contribution in [3.8, 4) is 0 Å². The number of morpholine rings is 1. The number of rotatable bonds is 6. The van der Waals surface area contributed by atoms with Crippen molar-refractivity contribution in [2.75, 3.05) is 31.6 Å². The fourth-order valence-corrected chi connectivity index (χ4v) is 2.59. The van der Waals surface area contributed by atoms with Crippen LogP contribution in [-0.4, -0.2) is 43.0 Å². The first kappa shape index (κ1) is 17.0. The SMILES string of the molecule is CCCCCC(=O)Nc1oc(C(=O)N2CCOCC2)cc1Br. The summed E-state index contributed by atoms with van der Waals surface area (Å²) in [4.78, 5) is 25.8. The van der Waals surface area contributed by atoms with Crippen molar-refractivity contribution in [3.63, 3.8) is 0 Å². The van der Waals surface area contributed by atoms with Crippen LogP contribution in [0.25, 0.3) is 0 Å². The molecule has 2 amide bonds. The summed E-state index contributed by atoms with van der Waals surface area (Å²) in [7, 11) is 0. The minimum atomic E-state index is -0.185. The number of anilines is 1. The first-order valence-electron chi connectivity index (χ1n) is 7.58. The van der Waals surface area contributed by atoms with Crippen LogP contribution in [0, 0.1) is 0 Å². The predicted molar refractivity (Wildman–Crippen MR) is 85.9 cm³/mol. The van der Waals surface area contributed by atoms with Crippen LogP contribution < -0.4 is 5.32 Å². The molecule has 0 radical (unpaired) electrons. The van der Waals surface area contributed by atoms with Crippen LogP contribution in [0.1, 0.15) is 43.2 Å². The van der Waals surface area contributed by atoms with Gasteiger partial charge in [-0.15, -0.1) is 0 Å². The minimum Gasteiger partial charge on any atom is -0.434 e. The Hall–Kier alpha value is -1.34. The van der Waals surface area contributed by atoms with E-state index in [2.05, 4.69) is 28.2 Å². The predicted octanol–water partition coefficient (Wildman–Crippen LogP) is 3.03. The second-order valence-electron chi connectivity index (χ2n) is 5.20. The molecule has 6 nitrogen and oxygen atoms in total. The molecular weight excluding hydrogens is 352 g/mol. The topological polar surface area (TPSA) is 71.8 Å². The van der Waals surface area contributed by atoms with E-state index in [1.807, 2.05) is 0 Å². The summed E-state index contributed by atoms with van der Waals surface area (Å²) in [6, 6.07) is 1.60. The molecule has 22 heavy (non-hydrogen) atoms. The van der Waals surface area contributed by atoms with E-state index in [9.17, 15) is 9.59 Å². The Morgan fingerprint density at radius 1 is 1.32 bits per heavy atom. The van der Waals surface area contributed by atoms with Gasteiger partial charge >= 0.3 is 0 Å². The zero-order chi connectivity index (χ0) is 15.9. The summed E-state index contributed by atoms with van der Waals surface area (Å²) in [5, 5.41) is 2.70. The maximum atomic E-state index is 12.3. The smallest absolute Gasteiger partial charge is 0.289 e. The quantitative estimate of drug-likeness (QED) is 0.778. The van der Waals surface area contributed by atoms with E-state index in [4.69, 9.17) is 9.15 Å². The lowest BCUT2D eigenvalue weighted by Crippen LogP contribution is -2.40. The third kappa shape index (κ3) is 4.58. The highest BCUT2D eigenvalue weighted by molar-refractivity contribution is 9.10. The second kappa shape index (κ2) is 8.33. The van der Waals surface area contributed by atoms with Crippen molar-refractivity contribution in [3.05, 3.63) is 16.3 Å². The van der Waals surface area contributed by atoms with Crippen LogP contribution in [0.5, 0.6) is 0 Å². The number of nitrogens with zero attached hydrogens (tertiary/aromatic N) is 1. The molecule has 0 unspecified atom stereocenters. The summed E-state index contributed by atoms with van der Waals surface area (Å²) in [6.45, 7) is 4.26. The van der Waals surface area contributed by atoms with E-state index < -0.39 is 0 Å². The zero-order valence-corrected chi connectivity index (χ0v) is 14.3. The largest absolute Gasteiger partial charge is 0.434 e. The number of furan rings is 1. The molecule has 2 heterocycles. The number of ether oxygens (including phenoxy) is 1. The highest BCUT2D eigenvalue weighted by Crippen LogP contribution is 2.28. The van der Waals surface area contributed by atoms with E-state index in [1.54, 1.807) is 11.0 Å². The molecule has 122 valence electrons.